The number of aromatic amines is 1. The fourth-order valence-corrected chi connectivity index (χ4v) is 4.74. The van der Waals surface area contributed by atoms with Gasteiger partial charge in [0.15, 0.2) is 0 Å². The molecule has 1 N–H and O–H groups in total. The van der Waals surface area contributed by atoms with Gasteiger partial charge in [0.05, 0.1) is 6.54 Å². The van der Waals surface area contributed by atoms with Crippen molar-refractivity contribution >= 4 is 12.0 Å². The predicted molar refractivity (Wildman–Crippen MR) is 110 cm³/mol. The molecule has 0 saturated carbocycles. The van der Waals surface area contributed by atoms with E-state index in [1.807, 2.05) is 29.0 Å². The lowest BCUT2D eigenvalue weighted by Crippen LogP contribution is -2.49. The number of nitrogens with zero attached hydrogens (tertiary/aromatic N) is 4. The molecule has 1 spiro atoms. The zero-order valence-electron chi connectivity index (χ0n) is 17.8. The molecule has 4 rings (SSSR count). The maximum atomic E-state index is 12.6. The summed E-state index contributed by atoms with van der Waals surface area (Å²) < 4.78 is 5.83. The molecule has 3 fully saturated rings. The second-order valence-electron chi connectivity index (χ2n) is 9.06. The average molecular weight is 404 g/mol. The maximum Gasteiger partial charge on any atom is 0.410 e. The number of carbonyl (C=O) groups excluding carboxylic acids is 2. The highest BCUT2D eigenvalue weighted by atomic mass is 16.6. The third kappa shape index (κ3) is 4.28. The van der Waals surface area contributed by atoms with Gasteiger partial charge in [-0.25, -0.2) is 4.79 Å². The van der Waals surface area contributed by atoms with E-state index in [0.29, 0.717) is 50.8 Å². The van der Waals surface area contributed by atoms with Crippen molar-refractivity contribution in [3.05, 3.63) is 23.5 Å². The Morgan fingerprint density at radius 3 is 2.66 bits per heavy atom. The van der Waals surface area contributed by atoms with Crippen LogP contribution in [0.15, 0.2) is 12.3 Å². The highest BCUT2D eigenvalue weighted by Gasteiger charge is 2.47. The predicted octanol–water partition coefficient (Wildman–Crippen LogP) is 1.39. The second kappa shape index (κ2) is 7.99. The molecule has 0 aromatic carbocycles. The van der Waals surface area contributed by atoms with Crippen molar-refractivity contribution in [3.63, 3.8) is 0 Å². The van der Waals surface area contributed by atoms with Crippen LogP contribution in [-0.2, 0) is 4.74 Å². The van der Waals surface area contributed by atoms with Crippen LogP contribution in [0.2, 0.25) is 0 Å². The van der Waals surface area contributed by atoms with Gasteiger partial charge in [0.25, 0.3) is 5.91 Å². The average Bonchev–Trinajstić information content (AvgIpc) is 3.40. The third-order valence-electron chi connectivity index (χ3n) is 6.72. The van der Waals surface area contributed by atoms with Gasteiger partial charge in [0.2, 0.25) is 0 Å². The number of likely N-dealkylation sites (N-methyl/N-ethyl adjacent to an activating group) is 1. The normalized spacial score (nSPS) is 24.7. The Morgan fingerprint density at radius 1 is 1.28 bits per heavy atom. The lowest BCUT2D eigenvalue weighted by Gasteiger charge is -2.37. The van der Waals surface area contributed by atoms with Crippen molar-refractivity contribution in [3.8, 4) is 0 Å². The smallest absolute Gasteiger partial charge is 0.410 e. The SMILES string of the molecule is Cc1c[nH]c(C(=O)N2CCC3(CC2)CN(CCN2CCC(N(C)C)C2)C(=O)O3)c1. The van der Waals surface area contributed by atoms with Crippen molar-refractivity contribution in [2.45, 2.75) is 37.8 Å². The Hall–Kier alpha value is -2.06. The molecule has 1 unspecified atom stereocenters. The molecule has 0 bridgehead atoms. The number of piperidine rings is 1. The van der Waals surface area contributed by atoms with Crippen molar-refractivity contribution in [1.29, 1.82) is 0 Å². The lowest BCUT2D eigenvalue weighted by atomic mass is 9.91. The van der Waals surface area contributed by atoms with E-state index < -0.39 is 5.60 Å². The van der Waals surface area contributed by atoms with Crippen molar-refractivity contribution in [1.82, 2.24) is 24.6 Å². The minimum Gasteiger partial charge on any atom is -0.441 e. The molecule has 1 aromatic heterocycles. The summed E-state index contributed by atoms with van der Waals surface area (Å²) >= 11 is 0. The fraction of sp³-hybridized carbons (Fsp3) is 0.714. The molecule has 1 atom stereocenters. The fourth-order valence-electron chi connectivity index (χ4n) is 4.74. The van der Waals surface area contributed by atoms with Crippen LogP contribution in [0.4, 0.5) is 4.79 Å². The quantitative estimate of drug-likeness (QED) is 0.804. The van der Waals surface area contributed by atoms with E-state index >= 15 is 0 Å². The molecule has 2 amide bonds. The van der Waals surface area contributed by atoms with Crippen LogP contribution < -0.4 is 0 Å². The first-order valence-electron chi connectivity index (χ1n) is 10.7. The van der Waals surface area contributed by atoms with Crippen LogP contribution in [0.3, 0.4) is 0 Å². The summed E-state index contributed by atoms with van der Waals surface area (Å²) in [7, 11) is 4.26. The van der Waals surface area contributed by atoms with Gasteiger partial charge >= 0.3 is 6.09 Å². The Labute approximate surface area is 172 Å². The molecule has 3 saturated heterocycles. The van der Waals surface area contributed by atoms with Gasteiger partial charge in [-0.3, -0.25) is 9.69 Å². The summed E-state index contributed by atoms with van der Waals surface area (Å²) in [6.45, 7) is 7.61. The number of hydrogen-bond acceptors (Lipinski definition) is 5. The van der Waals surface area contributed by atoms with E-state index in [0.717, 1.165) is 25.2 Å². The van der Waals surface area contributed by atoms with E-state index in [9.17, 15) is 9.59 Å². The molecule has 4 heterocycles. The summed E-state index contributed by atoms with van der Waals surface area (Å²) in [4.78, 5) is 36.6. The van der Waals surface area contributed by atoms with Crippen LogP contribution in [-0.4, -0.2) is 108 Å². The van der Waals surface area contributed by atoms with E-state index in [2.05, 4.69) is 28.9 Å². The van der Waals surface area contributed by atoms with E-state index in [4.69, 9.17) is 4.74 Å². The molecule has 0 aliphatic carbocycles. The van der Waals surface area contributed by atoms with E-state index in [1.54, 1.807) is 0 Å². The first kappa shape index (κ1) is 20.2. The Kier molecular flexibility index (Phi) is 5.57. The number of carbonyl (C=O) groups is 2. The number of ether oxygens (including phenoxy) is 1. The van der Waals surface area contributed by atoms with E-state index in [-0.39, 0.29) is 12.0 Å². The van der Waals surface area contributed by atoms with Crippen molar-refractivity contribution in [2.24, 2.45) is 0 Å². The molecule has 3 aliphatic rings. The number of H-pyrrole nitrogens is 1. The molecule has 3 aliphatic heterocycles. The topological polar surface area (TPSA) is 72.1 Å². The maximum absolute atomic E-state index is 12.6. The summed E-state index contributed by atoms with van der Waals surface area (Å²) in [6.07, 6.45) is 4.23. The van der Waals surface area contributed by atoms with Gasteiger partial charge in [-0.2, -0.15) is 0 Å². The molecule has 160 valence electrons. The minimum absolute atomic E-state index is 0.0265. The summed E-state index contributed by atoms with van der Waals surface area (Å²) in [5, 5.41) is 0. The molecular weight excluding hydrogens is 370 g/mol. The monoisotopic (exact) mass is 403 g/mol. The van der Waals surface area contributed by atoms with Gasteiger partial charge in [-0.05, 0) is 45.6 Å². The van der Waals surface area contributed by atoms with Gasteiger partial charge in [0, 0.05) is 57.8 Å². The summed E-state index contributed by atoms with van der Waals surface area (Å²) in [6, 6.07) is 2.49. The van der Waals surface area contributed by atoms with E-state index in [1.165, 1.54) is 6.42 Å². The first-order chi connectivity index (χ1) is 13.8. The van der Waals surface area contributed by atoms with Crippen LogP contribution in [0.5, 0.6) is 0 Å². The number of likely N-dealkylation sites (tertiary alicyclic amines) is 2. The number of rotatable bonds is 5. The second-order valence-corrected chi connectivity index (χ2v) is 9.06. The number of aromatic nitrogens is 1. The number of amides is 2. The van der Waals surface area contributed by atoms with Crippen LogP contribution in [0.1, 0.15) is 35.3 Å². The number of aryl methyl sites for hydroxylation is 1. The first-order valence-corrected chi connectivity index (χ1v) is 10.7. The number of hydrogen-bond donors (Lipinski definition) is 1. The lowest BCUT2D eigenvalue weighted by molar-refractivity contribution is 0.00297. The van der Waals surface area contributed by atoms with Crippen LogP contribution in [0, 0.1) is 6.92 Å². The Balaban J connectivity index is 1.26. The van der Waals surface area contributed by atoms with Crippen LogP contribution >= 0.6 is 0 Å². The molecule has 8 nitrogen and oxygen atoms in total. The highest BCUT2D eigenvalue weighted by Crippen LogP contribution is 2.33. The van der Waals surface area contributed by atoms with Crippen molar-refractivity contribution in [2.75, 3.05) is 59.9 Å². The molecule has 29 heavy (non-hydrogen) atoms. The van der Waals surface area contributed by atoms with Gasteiger partial charge < -0.3 is 24.4 Å². The third-order valence-corrected chi connectivity index (χ3v) is 6.72. The van der Waals surface area contributed by atoms with Gasteiger partial charge in [-0.1, -0.05) is 0 Å². The Morgan fingerprint density at radius 2 is 2.03 bits per heavy atom. The van der Waals surface area contributed by atoms with Gasteiger partial charge in [0.1, 0.15) is 11.3 Å². The van der Waals surface area contributed by atoms with Crippen LogP contribution in [0.25, 0.3) is 0 Å². The molecule has 0 radical (unpaired) electrons. The standard InChI is InChI=1S/C21H33N5O3/c1-16-12-18(22-13-16)19(27)25-8-5-21(6-9-25)15-26(20(28)29-21)11-10-24-7-4-17(14-24)23(2)3/h12-13,17,22H,4-11,14-15H2,1-3H3. The van der Waals surface area contributed by atoms with Crippen molar-refractivity contribution < 1.29 is 14.3 Å². The Bertz CT molecular complexity index is 753. The summed E-state index contributed by atoms with van der Waals surface area (Å²) in [5.74, 6) is 0.0265. The molecule has 8 heteroatoms. The van der Waals surface area contributed by atoms with Gasteiger partial charge in [-0.15, -0.1) is 0 Å². The number of nitrogens with one attached hydrogen (secondary N) is 1. The molecular formula is C21H33N5O3. The highest BCUT2D eigenvalue weighted by molar-refractivity contribution is 5.92. The zero-order chi connectivity index (χ0) is 20.6. The zero-order valence-corrected chi connectivity index (χ0v) is 17.8. The molecule has 1 aromatic rings. The summed E-state index contributed by atoms with van der Waals surface area (Å²) in [5.41, 5.74) is 1.25. The largest absolute Gasteiger partial charge is 0.441 e. The minimum atomic E-state index is -0.434.